The molecule has 0 aromatic carbocycles. The molecule has 3 unspecified atom stereocenters. The Bertz CT molecular complexity index is 1420. The largest absolute Gasteiger partial charge is 0.481 e. The van der Waals surface area contributed by atoms with Gasteiger partial charge in [-0.25, -0.2) is 0 Å². The lowest BCUT2D eigenvalue weighted by molar-refractivity contribution is -0.227. The highest BCUT2D eigenvalue weighted by Gasteiger charge is 2.70. The normalized spacial score (nSPS) is 40.0. The van der Waals surface area contributed by atoms with E-state index < -0.39 is 40.8 Å². The van der Waals surface area contributed by atoms with Crippen molar-refractivity contribution < 1.29 is 48.4 Å². The average Bonchev–Trinajstić information content (AvgIpc) is 3.03. The Labute approximate surface area is 297 Å². The van der Waals surface area contributed by atoms with Crippen LogP contribution in [0.4, 0.5) is 0 Å². The number of hydrogen-bond donors (Lipinski definition) is 2. The Morgan fingerprint density at radius 3 is 2.04 bits per heavy atom. The monoisotopic (exact) mass is 700 g/mol. The third-order valence-electron chi connectivity index (χ3n) is 15.0. The number of carboxylic acids is 2. The van der Waals surface area contributed by atoms with E-state index in [1.807, 2.05) is 13.8 Å². The molecule has 5 aliphatic rings. The number of carboxylic acid groups (broad SMARTS) is 2. The highest BCUT2D eigenvalue weighted by molar-refractivity contribution is 5.79. The molecule has 0 aromatic rings. The summed E-state index contributed by atoms with van der Waals surface area (Å²) in [5, 5.41) is 18.3. The third-order valence-corrected chi connectivity index (χ3v) is 15.0. The lowest BCUT2D eigenvalue weighted by Crippen LogP contribution is -2.66. The SMILES string of the molecule is CCOC(=O)[C@]12CCC(C)(C)CC1C1=CCC3[C@@]4(C)CC[C@H](OC(=O)CCC(=O)O)[C@@](C)(COC(=O)CCC(=O)O)C4CC[C@@]3(C)[C@]1(C)CC2. The van der Waals surface area contributed by atoms with E-state index in [9.17, 15) is 24.0 Å². The van der Waals surface area contributed by atoms with E-state index in [1.165, 1.54) is 5.57 Å². The summed E-state index contributed by atoms with van der Waals surface area (Å²) < 4.78 is 17.6. The van der Waals surface area contributed by atoms with Gasteiger partial charge in [0.05, 0.1) is 37.7 Å². The maximum Gasteiger partial charge on any atom is 0.312 e. The lowest BCUT2D eigenvalue weighted by Gasteiger charge is -2.71. The zero-order valence-corrected chi connectivity index (χ0v) is 31.4. The van der Waals surface area contributed by atoms with Gasteiger partial charge in [-0.15, -0.1) is 0 Å². The minimum atomic E-state index is -1.08. The van der Waals surface area contributed by atoms with Gasteiger partial charge in [0.1, 0.15) is 12.7 Å². The number of fused-ring (bicyclic) bond motifs is 7. The summed E-state index contributed by atoms with van der Waals surface area (Å²) in [6.07, 6.45) is 9.35. The van der Waals surface area contributed by atoms with Crippen molar-refractivity contribution in [1.29, 1.82) is 0 Å². The molecular formula is C40H60O10. The van der Waals surface area contributed by atoms with Crippen LogP contribution in [0.1, 0.15) is 138 Å². The van der Waals surface area contributed by atoms with Crippen LogP contribution in [0.2, 0.25) is 0 Å². The average molecular weight is 701 g/mol. The summed E-state index contributed by atoms with van der Waals surface area (Å²) in [7, 11) is 0. The van der Waals surface area contributed by atoms with Crippen LogP contribution in [0.25, 0.3) is 0 Å². The number of ether oxygens (including phenoxy) is 3. The van der Waals surface area contributed by atoms with Gasteiger partial charge in [0.15, 0.2) is 0 Å². The molecule has 4 saturated carbocycles. The van der Waals surface area contributed by atoms with Crippen LogP contribution in [0.3, 0.4) is 0 Å². The molecule has 2 N–H and O–H groups in total. The van der Waals surface area contributed by atoms with Gasteiger partial charge in [0, 0.05) is 5.41 Å². The fourth-order valence-corrected chi connectivity index (χ4v) is 12.0. The molecule has 0 aliphatic heterocycles. The fraction of sp³-hybridized carbons (Fsp3) is 0.825. The number of rotatable bonds is 11. The minimum Gasteiger partial charge on any atom is -0.481 e. The van der Waals surface area contributed by atoms with Crippen LogP contribution < -0.4 is 0 Å². The van der Waals surface area contributed by atoms with Gasteiger partial charge >= 0.3 is 29.8 Å². The van der Waals surface area contributed by atoms with Gasteiger partial charge in [-0.3, -0.25) is 24.0 Å². The minimum absolute atomic E-state index is 0.0103. The molecular weight excluding hydrogens is 640 g/mol. The lowest BCUT2D eigenvalue weighted by atomic mass is 9.33. The van der Waals surface area contributed by atoms with Crippen molar-refractivity contribution in [3.63, 3.8) is 0 Å². The predicted octanol–water partition coefficient (Wildman–Crippen LogP) is 7.52. The molecule has 10 nitrogen and oxygen atoms in total. The summed E-state index contributed by atoms with van der Waals surface area (Å²) in [6.45, 7) is 16.2. The highest BCUT2D eigenvalue weighted by atomic mass is 16.6. The second-order valence-electron chi connectivity index (χ2n) is 18.1. The standard InChI is InChI=1S/C40H60O10/c1-8-48-34(47)40-21-19-35(2,3)23-26(40)25-9-10-28-36(4)17-16-29(50-33(46)14-12-31(43)44)37(5,24-49-32(45)13-11-30(41)42)27(36)15-18-39(28,7)38(25,6)20-22-40/h9,26-29H,8,10-24H2,1-7H3,(H,41,42)(H,43,44)/t26?,27?,28?,29-,36-,37-,38+,39+,40-/m0/s1. The first-order valence-corrected chi connectivity index (χ1v) is 18.9. The van der Waals surface area contributed by atoms with Gasteiger partial charge in [-0.05, 0) is 111 Å². The molecule has 5 aliphatic carbocycles. The number of aliphatic carboxylic acids is 2. The van der Waals surface area contributed by atoms with Crippen molar-refractivity contribution in [3.05, 3.63) is 11.6 Å². The summed E-state index contributed by atoms with van der Waals surface area (Å²) in [5.74, 6) is -2.89. The third kappa shape index (κ3) is 6.39. The number of carbonyl (C=O) groups excluding carboxylic acids is 3. The van der Waals surface area contributed by atoms with Crippen LogP contribution in [0.15, 0.2) is 11.6 Å². The quantitative estimate of drug-likeness (QED) is 0.126. The zero-order chi connectivity index (χ0) is 36.9. The molecule has 5 rings (SSSR count). The molecule has 0 bridgehead atoms. The molecule has 0 aromatic heterocycles. The summed E-state index contributed by atoms with van der Waals surface area (Å²) in [5.41, 5.74) is -0.0200. The van der Waals surface area contributed by atoms with Crippen LogP contribution >= 0.6 is 0 Å². The molecule has 0 saturated heterocycles. The van der Waals surface area contributed by atoms with Crippen LogP contribution in [-0.4, -0.2) is 59.4 Å². The smallest absolute Gasteiger partial charge is 0.312 e. The van der Waals surface area contributed by atoms with Gasteiger partial charge in [0.2, 0.25) is 0 Å². The van der Waals surface area contributed by atoms with Crippen molar-refractivity contribution in [3.8, 4) is 0 Å². The van der Waals surface area contributed by atoms with E-state index in [4.69, 9.17) is 24.4 Å². The van der Waals surface area contributed by atoms with Gasteiger partial charge in [-0.1, -0.05) is 53.2 Å². The molecule has 0 radical (unpaired) electrons. The maximum absolute atomic E-state index is 13.8. The first-order chi connectivity index (χ1) is 23.3. The molecule has 50 heavy (non-hydrogen) atoms. The maximum atomic E-state index is 13.8. The zero-order valence-electron chi connectivity index (χ0n) is 31.4. The van der Waals surface area contributed by atoms with E-state index in [-0.39, 0.29) is 71.8 Å². The molecule has 10 heteroatoms. The first-order valence-electron chi connectivity index (χ1n) is 18.9. The first kappa shape index (κ1) is 38.3. The molecule has 0 spiro atoms. The second kappa shape index (κ2) is 13.6. The molecule has 4 fully saturated rings. The van der Waals surface area contributed by atoms with E-state index >= 15 is 0 Å². The highest BCUT2D eigenvalue weighted by Crippen LogP contribution is 2.76. The van der Waals surface area contributed by atoms with E-state index in [0.29, 0.717) is 18.9 Å². The van der Waals surface area contributed by atoms with E-state index in [2.05, 4.69) is 40.7 Å². The van der Waals surface area contributed by atoms with E-state index in [0.717, 1.165) is 57.8 Å². The number of hydrogen-bond acceptors (Lipinski definition) is 8. The van der Waals surface area contributed by atoms with Crippen LogP contribution in [-0.2, 0) is 38.2 Å². The van der Waals surface area contributed by atoms with Crippen molar-refractivity contribution in [2.75, 3.05) is 13.2 Å². The van der Waals surface area contributed by atoms with E-state index in [1.54, 1.807) is 0 Å². The predicted molar refractivity (Wildman–Crippen MR) is 185 cm³/mol. The Kier molecular flexibility index (Phi) is 10.4. The van der Waals surface area contributed by atoms with Gasteiger partial charge < -0.3 is 24.4 Å². The topological polar surface area (TPSA) is 154 Å². The van der Waals surface area contributed by atoms with Gasteiger partial charge in [0.25, 0.3) is 0 Å². The summed E-state index contributed by atoms with van der Waals surface area (Å²) in [6, 6.07) is 0. The Morgan fingerprint density at radius 2 is 1.40 bits per heavy atom. The number of allylic oxidation sites excluding steroid dienone is 2. The Balaban J connectivity index is 1.49. The second-order valence-corrected chi connectivity index (χ2v) is 18.1. The van der Waals surface area contributed by atoms with Crippen molar-refractivity contribution in [2.45, 2.75) is 144 Å². The number of carbonyl (C=O) groups is 5. The van der Waals surface area contributed by atoms with Gasteiger partial charge in [-0.2, -0.15) is 0 Å². The summed E-state index contributed by atoms with van der Waals surface area (Å²) in [4.78, 5) is 61.8. The summed E-state index contributed by atoms with van der Waals surface area (Å²) >= 11 is 0. The molecule has 0 amide bonds. The van der Waals surface area contributed by atoms with Crippen molar-refractivity contribution in [2.24, 2.45) is 50.2 Å². The Morgan fingerprint density at radius 1 is 0.760 bits per heavy atom. The molecule has 0 heterocycles. The molecule has 9 atom stereocenters. The van der Waals surface area contributed by atoms with Crippen molar-refractivity contribution in [1.82, 2.24) is 0 Å². The number of esters is 3. The van der Waals surface area contributed by atoms with Crippen LogP contribution in [0, 0.1) is 50.2 Å². The fourth-order valence-electron chi connectivity index (χ4n) is 12.0. The van der Waals surface area contributed by atoms with Crippen molar-refractivity contribution >= 4 is 29.8 Å². The van der Waals surface area contributed by atoms with Crippen LogP contribution in [0.5, 0.6) is 0 Å². The molecule has 280 valence electrons. The Hall–Kier alpha value is -2.91.